The van der Waals surface area contributed by atoms with Crippen LogP contribution in [0.4, 0.5) is 15.7 Å². The second kappa shape index (κ2) is 34.0. The van der Waals surface area contributed by atoms with E-state index in [1.54, 1.807) is 30.5 Å². The number of anilines is 2. The first-order chi connectivity index (χ1) is 47.7. The van der Waals surface area contributed by atoms with Crippen molar-refractivity contribution in [2.45, 2.75) is 143 Å². The number of aromatic carboxylic acids is 1. The molecule has 0 saturated carbocycles. The van der Waals surface area contributed by atoms with E-state index in [9.17, 15) is 61.9 Å². The van der Waals surface area contributed by atoms with Gasteiger partial charge in [0.05, 0.1) is 53.7 Å². The molecule has 1 saturated heterocycles. The highest BCUT2D eigenvalue weighted by atomic mass is 32.2. The number of aliphatic hydroxyl groups excluding tert-OH is 1. The molecule has 0 aliphatic carbocycles. The number of thiazole rings is 1. The van der Waals surface area contributed by atoms with Crippen LogP contribution in [0.15, 0.2) is 91.1 Å². The van der Waals surface area contributed by atoms with E-state index in [1.165, 1.54) is 28.4 Å². The molecule has 3 aliphatic rings. The Hall–Kier alpha value is -8.91. The van der Waals surface area contributed by atoms with Crippen LogP contribution in [0.25, 0.3) is 21.3 Å². The van der Waals surface area contributed by atoms with Crippen molar-refractivity contribution in [1.82, 2.24) is 34.9 Å². The molecule has 3 aliphatic heterocycles. The number of pyridine rings is 1. The van der Waals surface area contributed by atoms with Gasteiger partial charge in [-0.15, -0.1) is 0 Å². The number of para-hydroxylation sites is 1. The molecule has 9 rings (SSSR count). The number of amides is 5. The van der Waals surface area contributed by atoms with Crippen molar-refractivity contribution in [2.75, 3.05) is 75.1 Å². The first-order valence-electron chi connectivity index (χ1n) is 33.4. The van der Waals surface area contributed by atoms with Gasteiger partial charge in [-0.25, -0.2) is 24.4 Å². The summed E-state index contributed by atoms with van der Waals surface area (Å²) < 4.78 is 72.3. The summed E-state index contributed by atoms with van der Waals surface area (Å²) in [7, 11) is -4.41. The van der Waals surface area contributed by atoms with Crippen molar-refractivity contribution in [2.24, 2.45) is 11.3 Å². The zero-order chi connectivity index (χ0) is 71.9. The maximum absolute atomic E-state index is 14.2. The minimum Gasteiger partial charge on any atom is -0.491 e. The third kappa shape index (κ3) is 20.2. The molecule has 0 spiro atoms. The van der Waals surface area contributed by atoms with E-state index >= 15 is 0 Å². The van der Waals surface area contributed by atoms with E-state index in [0.717, 1.165) is 50.5 Å². The SMILES string of the molecule is CCC(CC(C)C)(Cn1ncc(-c2ccc(N3CCc4cccc(C(=O)Nc5nc6ccccc6s5)c4C3)nc2C(=O)O)c1C)CC(C)(CC)OCCN(CCCS(=O)(=O)O)C(=O)OCc1ccc(O[C@H]2C[C@@H](O)C[C@@H](C(=O)O)O2)cc1OCCOCCNC(=O)CCN1C(=O)C=CC1=O. The average molecular weight is 1420 g/mol. The van der Waals surface area contributed by atoms with Gasteiger partial charge in [0.2, 0.25) is 12.2 Å². The number of aliphatic carboxylic acids is 1. The Labute approximate surface area is 583 Å². The maximum atomic E-state index is 14.2. The number of carboxylic acids is 2. The van der Waals surface area contributed by atoms with Crippen LogP contribution in [0.2, 0.25) is 0 Å². The molecule has 5 atom stereocenters. The standard InChI is InChI=1S/C70H87N9O19S2/c1-7-69(6,42-70(8-2,38-44(3)4)43-79-45(5)52(39-72-79)50-19-20-58(74-63(50)66(87)88)77-27-23-46-13-11-14-51(53(46)40-77)64(84)75-67-73-54-15-9-10-16-57(54)99-67)96-31-29-76(26-12-34-100(90,91)92)68(89)95-41-47-17-18-49(97-62-36-48(80)35-56(98-62)65(85)86)37-55(47)94-33-32-93-30-25-71-59(81)24-28-78-60(82)21-22-61(78)83/h9-11,13-22,37,39,44,48,56,62,80H,7-8,12,23-36,38,40-43H2,1-6H3,(H,71,81)(H,85,86)(H,87,88)(H,73,75,84)(H,90,91,92)/t48-,56-,62+,69?,70?/m0/s1. The van der Waals surface area contributed by atoms with Crippen molar-refractivity contribution in [3.8, 4) is 22.6 Å². The molecule has 3 aromatic heterocycles. The Morgan fingerprint density at radius 2 is 1.69 bits per heavy atom. The number of carboxylic acid groups (broad SMARTS) is 2. The number of aliphatic hydroxyl groups is 1. The van der Waals surface area contributed by atoms with Crippen LogP contribution in [0.3, 0.4) is 0 Å². The molecule has 6 aromatic rings. The summed E-state index contributed by atoms with van der Waals surface area (Å²) in [4.78, 5) is 103. The fourth-order valence-corrected chi connectivity index (χ4v) is 14.1. The van der Waals surface area contributed by atoms with E-state index in [2.05, 4.69) is 36.4 Å². The smallest absolute Gasteiger partial charge is 0.410 e. The number of fused-ring (bicyclic) bond motifs is 2. The Morgan fingerprint density at radius 1 is 0.910 bits per heavy atom. The van der Waals surface area contributed by atoms with Crippen LogP contribution < -0.4 is 25.0 Å². The molecular weight excluding hydrogens is 1330 g/mol. The third-order valence-corrected chi connectivity index (χ3v) is 19.8. The van der Waals surface area contributed by atoms with Gasteiger partial charge in [0.25, 0.3) is 27.8 Å². The summed E-state index contributed by atoms with van der Waals surface area (Å²) in [6.07, 6.45) is 2.38. The highest BCUT2D eigenvalue weighted by molar-refractivity contribution is 7.85. The summed E-state index contributed by atoms with van der Waals surface area (Å²) in [5.41, 5.74) is 3.85. The van der Waals surface area contributed by atoms with Gasteiger partial charge in [0.1, 0.15) is 30.5 Å². The van der Waals surface area contributed by atoms with Gasteiger partial charge in [-0.3, -0.25) is 38.6 Å². The molecule has 2 unspecified atom stereocenters. The average Bonchev–Trinajstić information content (AvgIpc) is 1.23. The first-order valence-corrected chi connectivity index (χ1v) is 35.8. The third-order valence-electron chi connectivity index (χ3n) is 18.0. The number of rotatable bonds is 36. The largest absolute Gasteiger partial charge is 0.491 e. The Kier molecular flexibility index (Phi) is 25.6. The molecule has 1 fully saturated rings. The van der Waals surface area contributed by atoms with Gasteiger partial charge in [-0.1, -0.05) is 63.3 Å². The lowest BCUT2D eigenvalue weighted by atomic mass is 9.70. The Balaban J connectivity index is 0.845. The van der Waals surface area contributed by atoms with E-state index in [1.807, 2.05) is 66.8 Å². The van der Waals surface area contributed by atoms with Crippen molar-refractivity contribution < 1.29 is 90.3 Å². The summed E-state index contributed by atoms with van der Waals surface area (Å²) >= 11 is 1.39. The van der Waals surface area contributed by atoms with E-state index < -0.39 is 81.1 Å². The van der Waals surface area contributed by atoms with Crippen molar-refractivity contribution >= 4 is 84.3 Å². The summed E-state index contributed by atoms with van der Waals surface area (Å²) in [6.45, 7) is 13.1. The number of hydrogen-bond donors (Lipinski definition) is 6. The Morgan fingerprint density at radius 3 is 2.41 bits per heavy atom. The second-order valence-electron chi connectivity index (χ2n) is 25.8. The van der Waals surface area contributed by atoms with Gasteiger partial charge in [0.15, 0.2) is 16.9 Å². The molecule has 6 heterocycles. The molecule has 5 amide bonds. The molecule has 3 aromatic carbocycles. The molecule has 0 bridgehead atoms. The molecule has 0 radical (unpaired) electrons. The molecule has 30 heteroatoms. The lowest BCUT2D eigenvalue weighted by Crippen LogP contribution is -2.42. The van der Waals surface area contributed by atoms with Crippen LogP contribution in [-0.2, 0) is 74.4 Å². The minimum absolute atomic E-state index is 0.00670. The predicted octanol–water partition coefficient (Wildman–Crippen LogP) is 8.47. The number of benzene rings is 3. The molecule has 6 N–H and O–H groups in total. The highest BCUT2D eigenvalue weighted by Gasteiger charge is 2.40. The monoisotopic (exact) mass is 1420 g/mol. The number of carbonyl (C=O) groups is 7. The van der Waals surface area contributed by atoms with Gasteiger partial charge in [-0.05, 0) is 117 Å². The number of hydrogen-bond acceptors (Lipinski definition) is 21. The van der Waals surface area contributed by atoms with Gasteiger partial charge in [-0.2, -0.15) is 13.5 Å². The zero-order valence-corrected chi connectivity index (χ0v) is 58.5. The normalized spacial score (nSPS) is 17.4. The van der Waals surface area contributed by atoms with Crippen LogP contribution >= 0.6 is 11.3 Å². The van der Waals surface area contributed by atoms with Crippen LogP contribution in [0, 0.1) is 18.3 Å². The molecular formula is C70H87N9O19S2. The number of nitrogens with zero attached hydrogens (tertiary/aromatic N) is 7. The number of ether oxygens (including phenoxy) is 6. The summed E-state index contributed by atoms with van der Waals surface area (Å²) in [5.74, 6) is -3.79. The fraction of sp³-hybridized carbons (Fsp3) is 0.486. The van der Waals surface area contributed by atoms with Crippen molar-refractivity contribution in [3.05, 3.63) is 125 Å². The van der Waals surface area contributed by atoms with Crippen LogP contribution in [0.5, 0.6) is 11.5 Å². The molecule has 538 valence electrons. The van der Waals surface area contributed by atoms with E-state index in [0.29, 0.717) is 78.5 Å². The molecule has 28 nitrogen and oxygen atoms in total. The van der Waals surface area contributed by atoms with E-state index in [4.69, 9.17) is 38.5 Å². The number of aromatic nitrogens is 4. The summed E-state index contributed by atoms with van der Waals surface area (Å²) in [6, 6.07) is 21.4. The van der Waals surface area contributed by atoms with Gasteiger partial charge in [0, 0.05) is 111 Å². The van der Waals surface area contributed by atoms with Gasteiger partial charge < -0.3 is 58.9 Å². The number of nitrogens with one attached hydrogen (secondary N) is 2. The number of imide groups is 1. The molecule has 100 heavy (non-hydrogen) atoms. The summed E-state index contributed by atoms with van der Waals surface area (Å²) in [5, 5.41) is 41.8. The fourth-order valence-electron chi connectivity index (χ4n) is 12.8. The highest BCUT2D eigenvalue weighted by Crippen LogP contribution is 2.44. The Bertz CT molecular complexity index is 4040. The van der Waals surface area contributed by atoms with Crippen LogP contribution in [0.1, 0.15) is 129 Å². The predicted molar refractivity (Wildman–Crippen MR) is 369 cm³/mol. The van der Waals surface area contributed by atoms with Crippen molar-refractivity contribution in [1.29, 1.82) is 0 Å². The topological polar surface area (TPSA) is 367 Å². The first kappa shape index (κ1) is 75.3. The van der Waals surface area contributed by atoms with E-state index in [-0.39, 0.29) is 114 Å². The lowest BCUT2D eigenvalue weighted by molar-refractivity contribution is -0.195. The second-order valence-corrected chi connectivity index (χ2v) is 28.4. The van der Waals surface area contributed by atoms with Crippen molar-refractivity contribution in [3.63, 3.8) is 0 Å². The zero-order valence-electron chi connectivity index (χ0n) is 56.9. The maximum Gasteiger partial charge on any atom is 0.410 e. The number of carbonyl (C=O) groups excluding carboxylic acids is 5. The minimum atomic E-state index is -4.41. The quantitative estimate of drug-likeness (QED) is 0.0122. The van der Waals surface area contributed by atoms with Crippen LogP contribution in [-0.4, -0.2) is 189 Å². The lowest BCUT2D eigenvalue weighted by Gasteiger charge is -2.42. The van der Waals surface area contributed by atoms with Gasteiger partial charge >= 0.3 is 18.0 Å².